The molecule has 4 heterocycles. The van der Waals surface area contributed by atoms with Gasteiger partial charge in [-0.05, 0) is 36.8 Å². The lowest BCUT2D eigenvalue weighted by Gasteiger charge is -2.48. The average Bonchev–Trinajstić information content (AvgIpc) is 3.24. The number of piperidine rings is 1. The van der Waals surface area contributed by atoms with Gasteiger partial charge in [-0.1, -0.05) is 12.7 Å². The van der Waals surface area contributed by atoms with Crippen molar-refractivity contribution in [3.8, 4) is 0 Å². The third-order valence-electron chi connectivity index (χ3n) is 6.89. The Balaban J connectivity index is 1.45. The molecule has 0 saturated carbocycles. The molecule has 4 aliphatic rings. The Morgan fingerprint density at radius 3 is 2.49 bits per heavy atom. The van der Waals surface area contributed by atoms with Crippen LogP contribution in [0.3, 0.4) is 0 Å². The van der Waals surface area contributed by atoms with E-state index in [4.69, 9.17) is 10.5 Å². The maximum absolute atomic E-state index is 13.1. The van der Waals surface area contributed by atoms with Crippen LogP contribution in [0.4, 0.5) is 18.0 Å². The molecule has 15 heteroatoms. The molecule has 2 atom stereocenters. The lowest BCUT2D eigenvalue weighted by molar-refractivity contribution is -0.201. The van der Waals surface area contributed by atoms with Crippen LogP contribution in [0, 0.1) is 5.92 Å². The summed E-state index contributed by atoms with van der Waals surface area (Å²) >= 11 is 1.19. The molecule has 0 aromatic heterocycles. The number of thioether (sulfide) groups is 1. The highest BCUT2D eigenvalue weighted by Crippen LogP contribution is 2.41. The van der Waals surface area contributed by atoms with Crippen LogP contribution in [-0.4, -0.2) is 101 Å². The first-order chi connectivity index (χ1) is 18.4. The second-order valence-corrected chi connectivity index (χ2v) is 10.6. The number of likely N-dealkylation sites (tertiary alicyclic amines) is 2. The summed E-state index contributed by atoms with van der Waals surface area (Å²) < 4.78 is 47.1. The number of hydrogen-bond donors (Lipinski definition) is 1. The molecule has 0 aromatic carbocycles. The summed E-state index contributed by atoms with van der Waals surface area (Å²) in [5.74, 6) is -5.11. The highest BCUT2D eigenvalue weighted by atomic mass is 32.2. The van der Waals surface area contributed by atoms with Crippen LogP contribution in [0.25, 0.3) is 0 Å². The summed E-state index contributed by atoms with van der Waals surface area (Å²) in [4.78, 5) is 65.5. The molecule has 3 amide bonds. The molecule has 0 aromatic rings. The van der Waals surface area contributed by atoms with Crippen LogP contribution in [0.2, 0.25) is 0 Å². The maximum atomic E-state index is 13.1. The van der Waals surface area contributed by atoms with Crippen molar-refractivity contribution in [3.63, 3.8) is 0 Å². The van der Waals surface area contributed by atoms with E-state index in [9.17, 15) is 37.1 Å². The van der Waals surface area contributed by atoms with E-state index in [-0.39, 0.29) is 29.8 Å². The maximum Gasteiger partial charge on any atom is 0.491 e. The number of carbonyl (C=O) groups is 5. The molecule has 0 bridgehead atoms. The van der Waals surface area contributed by atoms with Gasteiger partial charge in [0.05, 0.1) is 0 Å². The average molecular weight is 573 g/mol. The van der Waals surface area contributed by atoms with E-state index in [0.717, 1.165) is 4.90 Å². The van der Waals surface area contributed by atoms with Gasteiger partial charge >= 0.3 is 24.2 Å². The van der Waals surface area contributed by atoms with Gasteiger partial charge in [-0.3, -0.25) is 14.5 Å². The summed E-state index contributed by atoms with van der Waals surface area (Å²) in [5.41, 5.74) is 5.66. The fourth-order valence-corrected chi connectivity index (χ4v) is 6.10. The standard InChI is InChI=1S/C24H27F3N4O7S/c1-2-9-37-23(36)29-6-3-13(4-7-29)11-30-8-5-14(18(30)32)10-15-12-39-20-16(28)19(33)31(20)17(15)21(34)38-22(35)24(25,26)27/h2,10,13,16,20H,1,3-9,11-12,28H2/b14-10+/t16-,20-/m1/s1. The van der Waals surface area contributed by atoms with Crippen LogP contribution in [0.1, 0.15) is 19.3 Å². The van der Waals surface area contributed by atoms with Crippen molar-refractivity contribution in [2.24, 2.45) is 11.7 Å². The highest BCUT2D eigenvalue weighted by molar-refractivity contribution is 8.00. The predicted molar refractivity (Wildman–Crippen MR) is 130 cm³/mol. The number of amides is 3. The van der Waals surface area contributed by atoms with Crippen molar-refractivity contribution >= 4 is 41.6 Å². The quantitative estimate of drug-likeness (QED) is 0.164. The molecular formula is C24H27F3N4O7S. The number of allylic oxidation sites excluding steroid dienone is 1. The van der Waals surface area contributed by atoms with Crippen molar-refractivity contribution in [2.45, 2.75) is 36.9 Å². The molecule has 0 unspecified atom stereocenters. The third kappa shape index (κ3) is 5.98. The van der Waals surface area contributed by atoms with E-state index >= 15 is 0 Å². The Labute approximate surface area is 225 Å². The number of rotatable bonds is 6. The lowest BCUT2D eigenvalue weighted by Crippen LogP contribution is -2.68. The molecular weight excluding hydrogens is 545 g/mol. The Bertz CT molecular complexity index is 1150. The minimum atomic E-state index is -5.41. The zero-order valence-corrected chi connectivity index (χ0v) is 21.6. The second-order valence-electron chi connectivity index (χ2n) is 9.45. The lowest BCUT2D eigenvalue weighted by atomic mass is 9.96. The summed E-state index contributed by atoms with van der Waals surface area (Å²) in [6, 6.07) is -0.954. The first-order valence-corrected chi connectivity index (χ1v) is 13.3. The van der Waals surface area contributed by atoms with Gasteiger partial charge in [-0.2, -0.15) is 13.2 Å². The van der Waals surface area contributed by atoms with Crippen molar-refractivity contribution in [3.05, 3.63) is 35.6 Å². The molecule has 4 rings (SSSR count). The number of esters is 2. The van der Waals surface area contributed by atoms with E-state index in [1.807, 2.05) is 0 Å². The first-order valence-electron chi connectivity index (χ1n) is 12.2. The minimum absolute atomic E-state index is 0.0734. The minimum Gasteiger partial charge on any atom is -0.445 e. The fourth-order valence-electron chi connectivity index (χ4n) is 4.85. The Hall–Kier alpha value is -3.33. The number of halogens is 3. The van der Waals surface area contributed by atoms with E-state index in [1.54, 1.807) is 9.80 Å². The molecule has 3 saturated heterocycles. The van der Waals surface area contributed by atoms with E-state index in [0.29, 0.717) is 51.0 Å². The van der Waals surface area contributed by atoms with Gasteiger partial charge in [0.15, 0.2) is 0 Å². The molecule has 4 aliphatic heterocycles. The summed E-state index contributed by atoms with van der Waals surface area (Å²) in [6.07, 6.45) is -1.28. The van der Waals surface area contributed by atoms with E-state index < -0.39 is 47.2 Å². The van der Waals surface area contributed by atoms with Crippen LogP contribution < -0.4 is 5.73 Å². The summed E-state index contributed by atoms with van der Waals surface area (Å²) in [5, 5.41) is -0.695. The SMILES string of the molecule is C=CCOC(=O)N1CCC(CN2CC/C(=C\C3=C(C(=O)OC(=O)C(F)(F)F)N4C(=O)[C@@H](N)[C@H]4SC3)C2=O)CC1. The number of ether oxygens (including phenoxy) is 2. The zero-order valence-electron chi connectivity index (χ0n) is 20.8. The van der Waals surface area contributed by atoms with Gasteiger partial charge in [-0.15, -0.1) is 11.8 Å². The topological polar surface area (TPSA) is 140 Å². The Morgan fingerprint density at radius 2 is 1.85 bits per heavy atom. The molecule has 11 nitrogen and oxygen atoms in total. The summed E-state index contributed by atoms with van der Waals surface area (Å²) in [7, 11) is 0. The number of hydrogen-bond acceptors (Lipinski definition) is 9. The van der Waals surface area contributed by atoms with Gasteiger partial charge in [0.2, 0.25) is 11.8 Å². The van der Waals surface area contributed by atoms with Crippen molar-refractivity contribution in [2.75, 3.05) is 38.5 Å². The summed E-state index contributed by atoms with van der Waals surface area (Å²) in [6.45, 7) is 5.47. The van der Waals surface area contributed by atoms with Crippen molar-refractivity contribution in [1.82, 2.24) is 14.7 Å². The fraction of sp³-hybridized carbons (Fsp3) is 0.542. The molecule has 2 N–H and O–H groups in total. The Kier molecular flexibility index (Phi) is 8.39. The molecule has 0 aliphatic carbocycles. The third-order valence-corrected chi connectivity index (χ3v) is 8.21. The number of carbonyl (C=O) groups excluding carboxylic acids is 5. The molecule has 3 fully saturated rings. The van der Waals surface area contributed by atoms with Gasteiger partial charge in [-0.25, -0.2) is 14.4 Å². The number of nitrogens with zero attached hydrogens (tertiary/aromatic N) is 3. The molecule has 212 valence electrons. The molecule has 0 spiro atoms. The van der Waals surface area contributed by atoms with Crippen molar-refractivity contribution < 1.29 is 46.6 Å². The predicted octanol–water partition coefficient (Wildman–Crippen LogP) is 1.31. The van der Waals surface area contributed by atoms with Gasteiger partial charge in [0.25, 0.3) is 0 Å². The monoisotopic (exact) mass is 572 g/mol. The number of β-lactam (4-membered cyclic amide) rings is 1. The number of fused-ring (bicyclic) bond motifs is 1. The first kappa shape index (κ1) is 28.7. The van der Waals surface area contributed by atoms with Crippen LogP contribution in [0.15, 0.2) is 35.6 Å². The highest BCUT2D eigenvalue weighted by Gasteiger charge is 2.53. The van der Waals surface area contributed by atoms with Gasteiger partial charge in [0.1, 0.15) is 23.7 Å². The number of alkyl halides is 3. The van der Waals surface area contributed by atoms with E-state index in [2.05, 4.69) is 11.3 Å². The largest absolute Gasteiger partial charge is 0.491 e. The van der Waals surface area contributed by atoms with Gasteiger partial charge < -0.3 is 25.0 Å². The Morgan fingerprint density at radius 1 is 1.15 bits per heavy atom. The smallest absolute Gasteiger partial charge is 0.445 e. The van der Waals surface area contributed by atoms with Crippen LogP contribution >= 0.6 is 11.8 Å². The zero-order chi connectivity index (χ0) is 28.5. The van der Waals surface area contributed by atoms with E-state index in [1.165, 1.54) is 23.9 Å². The van der Waals surface area contributed by atoms with Crippen LogP contribution in [-0.2, 0) is 28.7 Å². The van der Waals surface area contributed by atoms with Gasteiger partial charge in [0, 0.05) is 37.5 Å². The van der Waals surface area contributed by atoms with Crippen LogP contribution in [0.5, 0.6) is 0 Å². The number of nitrogens with two attached hydrogens (primary N) is 1. The normalized spacial score (nSPS) is 25.0. The molecule has 0 radical (unpaired) electrons. The second kappa shape index (κ2) is 11.4. The van der Waals surface area contributed by atoms with Crippen molar-refractivity contribution in [1.29, 1.82) is 0 Å². The molecule has 39 heavy (non-hydrogen) atoms.